The Morgan fingerprint density at radius 2 is 1.77 bits per heavy atom. The molecule has 0 bridgehead atoms. The fraction of sp³-hybridized carbons (Fsp3) is 0.471. The number of carbonyl (C=O) groups excluding carboxylic acids is 3. The number of rotatable bonds is 9. The first kappa shape index (κ1) is 21.6. The van der Waals surface area contributed by atoms with Crippen LogP contribution in [0.4, 0.5) is 0 Å². The lowest BCUT2D eigenvalue weighted by atomic mass is 10.1. The van der Waals surface area contributed by atoms with Crippen molar-refractivity contribution in [3.05, 3.63) is 35.9 Å². The largest absolute Gasteiger partial charge is 0.451 e. The molecule has 0 aromatic heterocycles. The first-order chi connectivity index (χ1) is 12.1. The number of likely N-dealkylation sites (N-methyl/N-ethyl adjacent to an activating group) is 1. The van der Waals surface area contributed by atoms with Gasteiger partial charge in [-0.3, -0.25) is 9.59 Å². The van der Waals surface area contributed by atoms with Gasteiger partial charge in [-0.25, -0.2) is 13.2 Å². The molecule has 0 heterocycles. The summed E-state index contributed by atoms with van der Waals surface area (Å²) in [7, 11) is -3.34. The lowest BCUT2D eigenvalue weighted by molar-refractivity contribution is -0.156. The molecule has 1 aromatic carbocycles. The van der Waals surface area contributed by atoms with Gasteiger partial charge in [-0.2, -0.15) is 0 Å². The van der Waals surface area contributed by atoms with E-state index in [0.717, 1.165) is 6.26 Å². The third-order valence-corrected chi connectivity index (χ3v) is 4.39. The normalized spacial score (nSPS) is 13.3. The van der Waals surface area contributed by atoms with Crippen LogP contribution in [0.2, 0.25) is 0 Å². The van der Waals surface area contributed by atoms with Gasteiger partial charge in [0.15, 0.2) is 6.10 Å². The van der Waals surface area contributed by atoms with E-state index >= 15 is 0 Å². The first-order valence-corrected chi connectivity index (χ1v) is 10.2. The molecule has 0 aliphatic rings. The monoisotopic (exact) mass is 384 g/mol. The first-order valence-electron chi connectivity index (χ1n) is 8.16. The van der Waals surface area contributed by atoms with Crippen LogP contribution < -0.4 is 10.6 Å². The van der Waals surface area contributed by atoms with E-state index in [0.29, 0.717) is 12.1 Å². The number of carbonyl (C=O) groups is 3. The highest BCUT2D eigenvalue weighted by Gasteiger charge is 2.27. The summed E-state index contributed by atoms with van der Waals surface area (Å²) in [6.07, 6.45) is -0.179. The van der Waals surface area contributed by atoms with Crippen molar-refractivity contribution in [2.75, 3.05) is 18.6 Å². The molecule has 0 fully saturated rings. The minimum atomic E-state index is -3.34. The summed E-state index contributed by atoms with van der Waals surface area (Å²) in [5, 5.41) is 4.99. The van der Waals surface area contributed by atoms with Crippen molar-refractivity contribution in [2.45, 2.75) is 32.4 Å². The number of hydrogen-bond donors (Lipinski definition) is 2. The Morgan fingerprint density at radius 3 is 2.31 bits per heavy atom. The number of amides is 2. The second-order valence-electron chi connectivity index (χ2n) is 5.78. The molecule has 2 amide bonds. The van der Waals surface area contributed by atoms with Crippen LogP contribution in [0, 0.1) is 0 Å². The van der Waals surface area contributed by atoms with Crippen LogP contribution in [-0.2, 0) is 24.2 Å². The summed E-state index contributed by atoms with van der Waals surface area (Å²) in [6, 6.07) is 7.00. The molecule has 9 heteroatoms. The predicted molar refractivity (Wildman–Crippen MR) is 96.3 cm³/mol. The van der Waals surface area contributed by atoms with Gasteiger partial charge in [-0.15, -0.1) is 0 Å². The van der Waals surface area contributed by atoms with Gasteiger partial charge in [-0.1, -0.05) is 18.2 Å². The highest BCUT2D eigenvalue weighted by molar-refractivity contribution is 7.90. The van der Waals surface area contributed by atoms with Crippen LogP contribution in [0.15, 0.2) is 30.3 Å². The quantitative estimate of drug-likeness (QED) is 0.591. The average Bonchev–Trinajstić information content (AvgIpc) is 2.58. The van der Waals surface area contributed by atoms with E-state index in [9.17, 15) is 22.8 Å². The van der Waals surface area contributed by atoms with Crippen molar-refractivity contribution in [2.24, 2.45) is 0 Å². The summed E-state index contributed by atoms with van der Waals surface area (Å²) in [4.78, 5) is 36.3. The number of benzene rings is 1. The van der Waals surface area contributed by atoms with Crippen molar-refractivity contribution < 1.29 is 27.5 Å². The highest BCUT2D eigenvalue weighted by Crippen LogP contribution is 2.06. The molecule has 2 atom stereocenters. The lowest BCUT2D eigenvalue weighted by Gasteiger charge is -2.20. The molecule has 26 heavy (non-hydrogen) atoms. The van der Waals surface area contributed by atoms with E-state index in [1.54, 1.807) is 37.3 Å². The molecule has 0 spiro atoms. The molecular formula is C17H24N2O6S. The smallest absolute Gasteiger partial charge is 0.329 e. The maximum atomic E-state index is 12.3. The van der Waals surface area contributed by atoms with E-state index in [2.05, 4.69) is 10.6 Å². The van der Waals surface area contributed by atoms with E-state index in [1.807, 2.05) is 0 Å². The molecule has 0 saturated carbocycles. The number of esters is 1. The maximum Gasteiger partial charge on any atom is 0.329 e. The minimum absolute atomic E-state index is 0.154. The Bertz CT molecular complexity index is 733. The van der Waals surface area contributed by atoms with Gasteiger partial charge in [0.25, 0.3) is 11.8 Å². The summed E-state index contributed by atoms with van der Waals surface area (Å²) in [6.45, 7) is 3.50. The van der Waals surface area contributed by atoms with E-state index < -0.39 is 39.8 Å². The van der Waals surface area contributed by atoms with Crippen LogP contribution in [-0.4, -0.2) is 56.9 Å². The van der Waals surface area contributed by atoms with Crippen molar-refractivity contribution >= 4 is 27.6 Å². The van der Waals surface area contributed by atoms with Crippen LogP contribution in [0.1, 0.15) is 30.6 Å². The number of ether oxygens (including phenoxy) is 1. The maximum absolute atomic E-state index is 12.3. The SMILES string of the molecule is CCNC(=O)[C@@H](C)OC(=O)[C@H](CCS(C)(=O)=O)NC(=O)c1ccccc1. The van der Waals surface area contributed by atoms with Crippen LogP contribution in [0.25, 0.3) is 0 Å². The summed E-state index contributed by atoms with van der Waals surface area (Å²) in [5.74, 6) is -2.18. The summed E-state index contributed by atoms with van der Waals surface area (Å²) < 4.78 is 27.9. The second kappa shape index (κ2) is 9.91. The molecule has 2 N–H and O–H groups in total. The van der Waals surface area contributed by atoms with Crippen molar-refractivity contribution in [1.82, 2.24) is 10.6 Å². The average molecular weight is 384 g/mol. The zero-order chi connectivity index (χ0) is 19.7. The van der Waals surface area contributed by atoms with Gasteiger partial charge in [0.2, 0.25) is 0 Å². The fourth-order valence-corrected chi connectivity index (χ4v) is 2.70. The fourth-order valence-electron chi connectivity index (χ4n) is 2.04. The zero-order valence-corrected chi connectivity index (χ0v) is 15.8. The van der Waals surface area contributed by atoms with Crippen molar-refractivity contribution in [1.29, 1.82) is 0 Å². The third-order valence-electron chi connectivity index (χ3n) is 3.42. The second-order valence-corrected chi connectivity index (χ2v) is 8.04. The molecule has 1 rings (SSSR count). The van der Waals surface area contributed by atoms with Crippen molar-refractivity contribution in [3.8, 4) is 0 Å². The molecule has 0 unspecified atom stereocenters. The lowest BCUT2D eigenvalue weighted by Crippen LogP contribution is -2.45. The van der Waals surface area contributed by atoms with Gasteiger partial charge in [0, 0.05) is 18.4 Å². The van der Waals surface area contributed by atoms with Gasteiger partial charge in [0.05, 0.1) is 5.75 Å². The molecule has 0 aliphatic heterocycles. The Labute approximate surface area is 153 Å². The van der Waals surface area contributed by atoms with Gasteiger partial charge in [0.1, 0.15) is 15.9 Å². The van der Waals surface area contributed by atoms with Crippen molar-refractivity contribution in [3.63, 3.8) is 0 Å². The minimum Gasteiger partial charge on any atom is -0.451 e. The Morgan fingerprint density at radius 1 is 1.15 bits per heavy atom. The topological polar surface area (TPSA) is 119 Å². The van der Waals surface area contributed by atoms with E-state index in [4.69, 9.17) is 4.74 Å². The highest BCUT2D eigenvalue weighted by atomic mass is 32.2. The predicted octanol–water partition coefficient (Wildman–Crippen LogP) is 0.288. The van der Waals surface area contributed by atoms with E-state index in [1.165, 1.54) is 6.92 Å². The molecule has 8 nitrogen and oxygen atoms in total. The molecule has 0 radical (unpaired) electrons. The molecule has 1 aromatic rings. The van der Waals surface area contributed by atoms with Crippen LogP contribution in [0.3, 0.4) is 0 Å². The Hall–Kier alpha value is -2.42. The number of hydrogen-bond acceptors (Lipinski definition) is 6. The van der Waals surface area contributed by atoms with Crippen LogP contribution in [0.5, 0.6) is 0 Å². The Kier molecular flexibility index (Phi) is 8.24. The van der Waals surface area contributed by atoms with Gasteiger partial charge >= 0.3 is 5.97 Å². The van der Waals surface area contributed by atoms with E-state index in [-0.39, 0.29) is 12.2 Å². The number of sulfone groups is 1. The third kappa shape index (κ3) is 7.64. The van der Waals surface area contributed by atoms with Gasteiger partial charge in [-0.05, 0) is 32.4 Å². The zero-order valence-electron chi connectivity index (χ0n) is 15.0. The standard InChI is InChI=1S/C17H24N2O6S/c1-4-18-15(20)12(2)25-17(22)14(10-11-26(3,23)24)19-16(21)13-8-6-5-7-9-13/h5-9,12,14H,4,10-11H2,1-3H3,(H,18,20)(H,19,21)/t12-,14+/m1/s1. The summed E-state index contributed by atoms with van der Waals surface area (Å²) >= 11 is 0. The van der Waals surface area contributed by atoms with Gasteiger partial charge < -0.3 is 15.4 Å². The van der Waals surface area contributed by atoms with Crippen LogP contribution >= 0.6 is 0 Å². The number of nitrogens with one attached hydrogen (secondary N) is 2. The Balaban J connectivity index is 2.84. The molecule has 0 aliphatic carbocycles. The molecule has 0 saturated heterocycles. The summed E-state index contributed by atoms with van der Waals surface area (Å²) in [5.41, 5.74) is 0.321. The molecule has 144 valence electrons. The molecular weight excluding hydrogens is 360 g/mol.